The lowest BCUT2D eigenvalue weighted by atomic mass is 9.81. The van der Waals surface area contributed by atoms with Gasteiger partial charge in [-0.3, -0.25) is 0 Å². The number of fused-ring (bicyclic) bond motifs is 2. The first-order valence-corrected chi connectivity index (χ1v) is 6.33. The second-order valence-electron chi connectivity index (χ2n) is 4.64. The van der Waals surface area contributed by atoms with E-state index in [2.05, 4.69) is 13.8 Å². The Balaban J connectivity index is 2.24. The van der Waals surface area contributed by atoms with E-state index in [0.717, 1.165) is 6.42 Å². The molecule has 2 bridgehead atoms. The van der Waals surface area contributed by atoms with Gasteiger partial charge in [0, 0.05) is 0 Å². The highest BCUT2D eigenvalue weighted by atomic mass is 32.2. The van der Waals surface area contributed by atoms with Crippen LogP contribution in [-0.4, -0.2) is 18.2 Å². The maximum Gasteiger partial charge on any atom is 0.0978 e. The molecule has 3 nitrogen and oxygen atoms in total. The third-order valence-corrected chi connectivity index (χ3v) is 5.49. The largest absolute Gasteiger partial charge is 0.748 e. The van der Waals surface area contributed by atoms with Crippen molar-refractivity contribution >= 4 is 10.1 Å². The van der Waals surface area contributed by atoms with E-state index in [1.165, 1.54) is 0 Å². The van der Waals surface area contributed by atoms with Gasteiger partial charge in [0.25, 0.3) is 0 Å². The predicted molar refractivity (Wildman–Crippen MR) is 48.0 cm³/mol. The molecule has 0 aromatic heterocycles. The Morgan fingerprint density at radius 2 is 1.77 bits per heavy atom. The zero-order chi connectivity index (χ0) is 9.80. The van der Waals surface area contributed by atoms with E-state index >= 15 is 0 Å². The molecule has 2 saturated carbocycles. The van der Waals surface area contributed by atoms with Gasteiger partial charge in [-0.25, -0.2) is 8.42 Å². The van der Waals surface area contributed by atoms with E-state index in [1.54, 1.807) is 0 Å². The predicted octanol–water partition coefficient (Wildman–Crippen LogP) is 1.21. The average Bonchev–Trinajstić information content (AvgIpc) is 2.51. The summed E-state index contributed by atoms with van der Waals surface area (Å²) < 4.78 is 32.8. The minimum Gasteiger partial charge on any atom is -0.748 e. The molecule has 76 valence electrons. The molecule has 0 saturated heterocycles. The van der Waals surface area contributed by atoms with Gasteiger partial charge >= 0.3 is 0 Å². The van der Waals surface area contributed by atoms with Crippen LogP contribution in [0.1, 0.15) is 26.7 Å². The lowest BCUT2D eigenvalue weighted by Crippen LogP contribution is -2.34. The molecule has 5 unspecified atom stereocenters. The van der Waals surface area contributed by atoms with Crippen LogP contribution in [0, 0.1) is 23.7 Å². The monoisotopic (exact) mass is 203 g/mol. The molecule has 0 heterocycles. The Kier molecular flexibility index (Phi) is 1.97. The van der Waals surface area contributed by atoms with E-state index in [-0.39, 0.29) is 5.92 Å². The Hall–Kier alpha value is -0.0900. The highest BCUT2D eigenvalue weighted by molar-refractivity contribution is 7.86. The maximum atomic E-state index is 10.9. The zero-order valence-corrected chi connectivity index (χ0v) is 8.75. The maximum absolute atomic E-state index is 10.9. The van der Waals surface area contributed by atoms with Crippen LogP contribution in [0.5, 0.6) is 0 Å². The summed E-state index contributed by atoms with van der Waals surface area (Å²) in [5, 5.41) is -0.580. The molecule has 0 aliphatic heterocycles. The molecule has 0 amide bonds. The summed E-state index contributed by atoms with van der Waals surface area (Å²) in [7, 11) is -4.04. The number of rotatable bonds is 1. The molecule has 2 rings (SSSR count). The highest BCUT2D eigenvalue weighted by Crippen LogP contribution is 2.53. The van der Waals surface area contributed by atoms with Crippen molar-refractivity contribution in [1.82, 2.24) is 0 Å². The Morgan fingerprint density at radius 3 is 2.15 bits per heavy atom. The lowest BCUT2D eigenvalue weighted by molar-refractivity contribution is 0.253. The fourth-order valence-corrected chi connectivity index (χ4v) is 4.47. The zero-order valence-electron chi connectivity index (χ0n) is 7.93. The SMILES string of the molecule is CC1C2CC(C1C)C(S(=O)(=O)[O-])C2. The molecule has 2 aliphatic rings. The number of hydrogen-bond acceptors (Lipinski definition) is 3. The standard InChI is InChI=1S/C9H16O3S/c1-5-6(2)8-3-7(5)4-9(8)13(10,11)12/h5-9H,3-4H2,1-2H3,(H,10,11,12)/p-1. The van der Waals surface area contributed by atoms with Crippen LogP contribution < -0.4 is 0 Å². The molecule has 0 aromatic carbocycles. The van der Waals surface area contributed by atoms with Crippen molar-refractivity contribution in [2.45, 2.75) is 31.9 Å². The molecule has 0 spiro atoms. The fourth-order valence-electron chi connectivity index (χ4n) is 3.20. The minimum atomic E-state index is -4.04. The van der Waals surface area contributed by atoms with Gasteiger partial charge in [-0.1, -0.05) is 13.8 Å². The first-order chi connectivity index (χ1) is 5.91. The van der Waals surface area contributed by atoms with Crippen LogP contribution in [0.25, 0.3) is 0 Å². The lowest BCUT2D eigenvalue weighted by Gasteiger charge is -2.32. The van der Waals surface area contributed by atoms with E-state index in [9.17, 15) is 13.0 Å². The smallest absolute Gasteiger partial charge is 0.0978 e. The van der Waals surface area contributed by atoms with Gasteiger partial charge in [-0.15, -0.1) is 0 Å². The number of hydrogen-bond donors (Lipinski definition) is 0. The third kappa shape index (κ3) is 1.31. The first-order valence-electron chi connectivity index (χ1n) is 4.86. The summed E-state index contributed by atoms with van der Waals surface area (Å²) in [5.41, 5.74) is 0. The molecule has 2 fully saturated rings. The van der Waals surface area contributed by atoms with Crippen LogP contribution in [0.4, 0.5) is 0 Å². The van der Waals surface area contributed by atoms with E-state index in [0.29, 0.717) is 24.2 Å². The second kappa shape index (κ2) is 2.70. The summed E-state index contributed by atoms with van der Waals surface area (Å²) in [4.78, 5) is 0. The molecule has 0 N–H and O–H groups in total. The summed E-state index contributed by atoms with van der Waals surface area (Å²) in [6.45, 7) is 4.25. The molecular formula is C9H15O3S-. The van der Waals surface area contributed by atoms with Crippen molar-refractivity contribution in [1.29, 1.82) is 0 Å². The fraction of sp³-hybridized carbons (Fsp3) is 1.00. The van der Waals surface area contributed by atoms with Crippen LogP contribution in [0.15, 0.2) is 0 Å². The topological polar surface area (TPSA) is 57.2 Å². The van der Waals surface area contributed by atoms with Crippen LogP contribution in [0.3, 0.4) is 0 Å². The summed E-state index contributed by atoms with van der Waals surface area (Å²) in [5.74, 6) is 1.63. The highest BCUT2D eigenvalue weighted by Gasteiger charge is 2.50. The van der Waals surface area contributed by atoms with Gasteiger partial charge in [0.1, 0.15) is 0 Å². The molecule has 5 atom stereocenters. The van der Waals surface area contributed by atoms with Crippen LogP contribution in [-0.2, 0) is 10.1 Å². The normalized spacial score (nSPS) is 49.9. The van der Waals surface area contributed by atoms with Gasteiger partial charge in [-0.05, 0) is 36.5 Å². The molecule has 0 aromatic rings. The third-order valence-electron chi connectivity index (χ3n) is 4.21. The van der Waals surface area contributed by atoms with Crippen LogP contribution in [0.2, 0.25) is 0 Å². The van der Waals surface area contributed by atoms with Crippen molar-refractivity contribution in [3.05, 3.63) is 0 Å². The quantitative estimate of drug-likeness (QED) is 0.602. The Bertz CT molecular complexity index is 307. The first kappa shape index (κ1) is 9.46. The molecule has 4 heteroatoms. The molecule has 2 aliphatic carbocycles. The van der Waals surface area contributed by atoms with Gasteiger partial charge in [0.15, 0.2) is 0 Å². The van der Waals surface area contributed by atoms with Crippen molar-refractivity contribution < 1.29 is 13.0 Å². The van der Waals surface area contributed by atoms with Gasteiger partial charge in [-0.2, -0.15) is 0 Å². The summed E-state index contributed by atoms with van der Waals surface area (Å²) in [6, 6.07) is 0. The van der Waals surface area contributed by atoms with E-state index < -0.39 is 15.4 Å². The van der Waals surface area contributed by atoms with Crippen LogP contribution >= 0.6 is 0 Å². The Morgan fingerprint density at radius 1 is 1.15 bits per heavy atom. The van der Waals surface area contributed by atoms with E-state index in [4.69, 9.17) is 0 Å². The Labute approximate surface area is 79.3 Å². The average molecular weight is 203 g/mol. The second-order valence-corrected chi connectivity index (χ2v) is 6.24. The van der Waals surface area contributed by atoms with Crippen molar-refractivity contribution in [2.24, 2.45) is 23.7 Å². The van der Waals surface area contributed by atoms with Crippen molar-refractivity contribution in [3.63, 3.8) is 0 Å². The van der Waals surface area contributed by atoms with Gasteiger partial charge in [0.2, 0.25) is 0 Å². The van der Waals surface area contributed by atoms with E-state index in [1.807, 2.05) is 0 Å². The van der Waals surface area contributed by atoms with Crippen molar-refractivity contribution in [3.8, 4) is 0 Å². The van der Waals surface area contributed by atoms with Crippen molar-refractivity contribution in [2.75, 3.05) is 0 Å². The summed E-state index contributed by atoms with van der Waals surface area (Å²) in [6.07, 6.45) is 1.57. The summed E-state index contributed by atoms with van der Waals surface area (Å²) >= 11 is 0. The molecular weight excluding hydrogens is 188 g/mol. The molecule has 13 heavy (non-hydrogen) atoms. The van der Waals surface area contributed by atoms with Gasteiger partial charge < -0.3 is 4.55 Å². The molecule has 0 radical (unpaired) electrons. The minimum absolute atomic E-state index is 0.141. The van der Waals surface area contributed by atoms with Gasteiger partial charge in [0.05, 0.1) is 15.4 Å².